The number of aromatic nitrogens is 1. The van der Waals surface area contributed by atoms with Crippen molar-refractivity contribution in [1.29, 1.82) is 0 Å². The van der Waals surface area contributed by atoms with Crippen molar-refractivity contribution < 1.29 is 19.2 Å². The number of esters is 1. The molecule has 0 aliphatic carbocycles. The molecule has 2 rings (SSSR count). The fourth-order valence-corrected chi connectivity index (χ4v) is 3.57. The maximum absolute atomic E-state index is 12.5. The lowest BCUT2D eigenvalue weighted by molar-refractivity contribution is -0.384. The summed E-state index contributed by atoms with van der Waals surface area (Å²) in [6.07, 6.45) is 1.85. The maximum Gasteiger partial charge on any atom is 0.329 e. The molecule has 0 saturated heterocycles. The van der Waals surface area contributed by atoms with E-state index in [0.29, 0.717) is 5.69 Å². The van der Waals surface area contributed by atoms with Crippen LogP contribution in [0.2, 0.25) is 5.02 Å². The molecule has 1 amide bonds. The first-order valence-corrected chi connectivity index (χ1v) is 10.3. The topological polar surface area (TPSA) is 111 Å². The second-order valence-corrected chi connectivity index (χ2v) is 8.06. The van der Waals surface area contributed by atoms with Gasteiger partial charge in [0, 0.05) is 17.0 Å². The monoisotopic (exact) mass is 439 g/mol. The summed E-state index contributed by atoms with van der Waals surface area (Å²) in [6, 6.07) is 2.79. The molecule has 0 fully saturated rings. The molecule has 0 aliphatic rings. The van der Waals surface area contributed by atoms with E-state index in [1.807, 2.05) is 5.38 Å². The van der Waals surface area contributed by atoms with Crippen molar-refractivity contribution in [2.24, 2.45) is 5.92 Å². The summed E-state index contributed by atoms with van der Waals surface area (Å²) in [5.41, 5.74) is 0.312. The molecular formula is C19H22ClN3O5S. The quantitative estimate of drug-likeness (QED) is 0.356. The van der Waals surface area contributed by atoms with E-state index in [0.717, 1.165) is 23.9 Å². The van der Waals surface area contributed by atoms with E-state index in [2.05, 4.69) is 17.2 Å². The number of nitro benzene ring substituents is 1. The van der Waals surface area contributed by atoms with Crippen molar-refractivity contribution in [2.45, 2.75) is 46.3 Å². The highest BCUT2D eigenvalue weighted by Crippen LogP contribution is 2.25. The number of amides is 1. The Hall–Kier alpha value is -2.52. The average Bonchev–Trinajstić information content (AvgIpc) is 3.11. The lowest BCUT2D eigenvalue weighted by Gasteiger charge is -2.20. The van der Waals surface area contributed by atoms with Crippen LogP contribution in [0.4, 0.5) is 5.69 Å². The number of halogens is 1. The number of benzene rings is 1. The number of carbonyl (C=O) groups excluding carboxylic acids is 2. The number of nitrogens with one attached hydrogen (secondary N) is 1. The van der Waals surface area contributed by atoms with Crippen LogP contribution in [-0.2, 0) is 22.6 Å². The fraction of sp³-hybridized carbons (Fsp3) is 0.421. The first-order valence-electron chi connectivity index (χ1n) is 9.07. The van der Waals surface area contributed by atoms with Crippen LogP contribution in [0.15, 0.2) is 23.6 Å². The molecular weight excluding hydrogens is 418 g/mol. The third kappa shape index (κ3) is 6.23. The summed E-state index contributed by atoms with van der Waals surface area (Å²) in [5.74, 6) is -1.47. The van der Waals surface area contributed by atoms with E-state index in [-0.39, 0.29) is 28.8 Å². The SMILES string of the molecule is CCCc1nc(COC(=O)[C@@H](NC(=O)c2ccc(Cl)c([N+](=O)[O-])c2)C(C)C)cs1. The second-order valence-electron chi connectivity index (χ2n) is 6.71. The van der Waals surface area contributed by atoms with Crippen molar-refractivity contribution in [3.8, 4) is 0 Å². The van der Waals surface area contributed by atoms with Crippen molar-refractivity contribution in [2.75, 3.05) is 0 Å². The normalized spacial score (nSPS) is 11.9. The predicted molar refractivity (Wildman–Crippen MR) is 110 cm³/mol. The Morgan fingerprint density at radius 1 is 1.38 bits per heavy atom. The molecule has 1 heterocycles. The van der Waals surface area contributed by atoms with Crippen molar-refractivity contribution in [3.05, 3.63) is 55.0 Å². The van der Waals surface area contributed by atoms with Gasteiger partial charge in [-0.05, 0) is 30.9 Å². The first kappa shape index (κ1) is 22.8. The highest BCUT2D eigenvalue weighted by Gasteiger charge is 2.27. The van der Waals surface area contributed by atoms with Gasteiger partial charge in [0.25, 0.3) is 11.6 Å². The van der Waals surface area contributed by atoms with Crippen molar-refractivity contribution in [1.82, 2.24) is 10.3 Å². The van der Waals surface area contributed by atoms with Crippen LogP contribution >= 0.6 is 22.9 Å². The van der Waals surface area contributed by atoms with Crippen LogP contribution in [-0.4, -0.2) is 27.8 Å². The summed E-state index contributed by atoms with van der Waals surface area (Å²) in [4.78, 5) is 39.7. The van der Waals surface area contributed by atoms with Gasteiger partial charge in [0.2, 0.25) is 0 Å². The zero-order chi connectivity index (χ0) is 21.6. The minimum atomic E-state index is -0.911. The third-order valence-electron chi connectivity index (χ3n) is 4.04. The van der Waals surface area contributed by atoms with Crippen LogP contribution in [0.3, 0.4) is 0 Å². The van der Waals surface area contributed by atoms with Gasteiger partial charge >= 0.3 is 5.97 Å². The molecule has 0 unspecified atom stereocenters. The number of aryl methyl sites for hydroxylation is 1. The Labute approximate surface area is 177 Å². The highest BCUT2D eigenvalue weighted by molar-refractivity contribution is 7.09. The number of ether oxygens (including phenoxy) is 1. The number of rotatable bonds is 9. The molecule has 8 nitrogen and oxygen atoms in total. The van der Waals surface area contributed by atoms with Gasteiger partial charge in [-0.25, -0.2) is 9.78 Å². The smallest absolute Gasteiger partial charge is 0.329 e. The molecule has 156 valence electrons. The van der Waals surface area contributed by atoms with E-state index in [1.165, 1.54) is 23.5 Å². The van der Waals surface area contributed by atoms with Gasteiger partial charge in [0.1, 0.15) is 17.7 Å². The summed E-state index contributed by atoms with van der Waals surface area (Å²) in [5, 5.41) is 16.3. The Bertz CT molecular complexity index is 900. The van der Waals surface area contributed by atoms with E-state index < -0.39 is 22.8 Å². The standard InChI is InChI=1S/C19H22ClN3O5S/c1-4-5-16-21-13(10-29-16)9-28-19(25)17(11(2)3)22-18(24)12-6-7-14(20)15(8-12)23(26)27/h6-8,10-11,17H,4-5,9H2,1-3H3,(H,22,24)/t17-/m0/s1. The molecule has 0 spiro atoms. The third-order valence-corrected chi connectivity index (χ3v) is 5.31. The Balaban J connectivity index is 2.04. The van der Waals surface area contributed by atoms with E-state index in [4.69, 9.17) is 16.3 Å². The summed E-state index contributed by atoms with van der Waals surface area (Å²) in [7, 11) is 0. The van der Waals surface area contributed by atoms with Crippen LogP contribution in [0.1, 0.15) is 48.3 Å². The number of nitrogens with zero attached hydrogens (tertiary/aromatic N) is 2. The number of nitro groups is 1. The predicted octanol–water partition coefficient (Wildman–Crippen LogP) is 4.16. The summed E-state index contributed by atoms with van der Waals surface area (Å²) in [6.45, 7) is 5.61. The number of hydrogen-bond donors (Lipinski definition) is 1. The van der Waals surface area contributed by atoms with Gasteiger partial charge in [-0.1, -0.05) is 32.4 Å². The zero-order valence-electron chi connectivity index (χ0n) is 16.3. The molecule has 29 heavy (non-hydrogen) atoms. The van der Waals surface area contributed by atoms with Gasteiger partial charge in [-0.3, -0.25) is 14.9 Å². The second kappa shape index (κ2) is 10.3. The number of thiazole rings is 1. The van der Waals surface area contributed by atoms with Gasteiger partial charge in [-0.2, -0.15) is 0 Å². The van der Waals surface area contributed by atoms with Gasteiger partial charge in [0.05, 0.1) is 15.6 Å². The molecule has 0 radical (unpaired) electrons. The first-order chi connectivity index (χ1) is 13.7. The zero-order valence-corrected chi connectivity index (χ0v) is 17.9. The number of hydrogen-bond acceptors (Lipinski definition) is 7. The van der Waals surface area contributed by atoms with Crippen LogP contribution in [0.25, 0.3) is 0 Å². The van der Waals surface area contributed by atoms with Crippen molar-refractivity contribution >= 4 is 40.5 Å². The van der Waals surface area contributed by atoms with E-state index in [9.17, 15) is 19.7 Å². The molecule has 1 aromatic carbocycles. The van der Waals surface area contributed by atoms with Crippen LogP contribution in [0.5, 0.6) is 0 Å². The maximum atomic E-state index is 12.5. The van der Waals surface area contributed by atoms with Crippen molar-refractivity contribution in [3.63, 3.8) is 0 Å². The molecule has 1 aromatic heterocycles. The summed E-state index contributed by atoms with van der Waals surface area (Å²) >= 11 is 7.29. The Morgan fingerprint density at radius 2 is 2.10 bits per heavy atom. The minimum Gasteiger partial charge on any atom is -0.458 e. The Kier molecular flexibility index (Phi) is 8.10. The molecule has 0 bridgehead atoms. The lowest BCUT2D eigenvalue weighted by Crippen LogP contribution is -2.45. The Morgan fingerprint density at radius 3 is 2.72 bits per heavy atom. The fourth-order valence-electron chi connectivity index (χ4n) is 2.49. The lowest BCUT2D eigenvalue weighted by atomic mass is 10.0. The van der Waals surface area contributed by atoms with Crippen LogP contribution in [0, 0.1) is 16.0 Å². The molecule has 0 aliphatic heterocycles. The molecule has 1 atom stereocenters. The highest BCUT2D eigenvalue weighted by atomic mass is 35.5. The molecule has 2 aromatic rings. The molecule has 1 N–H and O–H groups in total. The van der Waals surface area contributed by atoms with Gasteiger partial charge < -0.3 is 10.1 Å². The molecule has 0 saturated carbocycles. The number of carbonyl (C=O) groups is 2. The van der Waals surface area contributed by atoms with E-state index >= 15 is 0 Å². The molecule has 10 heteroatoms. The van der Waals surface area contributed by atoms with Gasteiger partial charge in [0.15, 0.2) is 0 Å². The largest absolute Gasteiger partial charge is 0.458 e. The van der Waals surface area contributed by atoms with E-state index in [1.54, 1.807) is 13.8 Å². The minimum absolute atomic E-state index is 0.0184. The average molecular weight is 440 g/mol. The van der Waals surface area contributed by atoms with Gasteiger partial charge in [-0.15, -0.1) is 11.3 Å². The van der Waals surface area contributed by atoms with Crippen LogP contribution < -0.4 is 5.32 Å². The summed E-state index contributed by atoms with van der Waals surface area (Å²) < 4.78 is 5.32.